The van der Waals surface area contributed by atoms with Crippen LogP contribution in [0.1, 0.15) is 30.9 Å². The predicted molar refractivity (Wildman–Crippen MR) is 149 cm³/mol. The number of piperidine rings is 1. The van der Waals surface area contributed by atoms with Gasteiger partial charge in [-0.05, 0) is 60.7 Å². The Morgan fingerprint density at radius 1 is 1.15 bits per heavy atom. The number of carbonyl (C=O) groups excluding carboxylic acids is 1. The van der Waals surface area contributed by atoms with Crippen molar-refractivity contribution in [1.82, 2.24) is 20.1 Å². The van der Waals surface area contributed by atoms with E-state index >= 15 is 4.39 Å². The first-order chi connectivity index (χ1) is 20.0. The molecular weight excluding hydrogens is 529 g/mol. The van der Waals surface area contributed by atoms with E-state index < -0.39 is 18.0 Å². The number of amides is 1. The standard InChI is InChI=1S/C30H34FN5O5/c31-25-13-19(2-3-21(25)12-22(15-32)34-29(37)28-16-33-8-1-11-40-28)20-4-5-27-26(14-20)36(30(38)41-27)23-6-9-35(10-7-23)24-17-39-18-24/h2-5,13-14,22-24,28,33H,1,6-12,16-18H2,(H,34,37)/t22-,28-/m0/s1. The molecule has 3 aromatic rings. The zero-order valence-corrected chi connectivity index (χ0v) is 22.8. The van der Waals surface area contributed by atoms with E-state index in [1.807, 2.05) is 12.1 Å². The molecule has 1 aromatic heterocycles. The van der Waals surface area contributed by atoms with Crippen LogP contribution in [-0.4, -0.2) is 79.6 Å². The summed E-state index contributed by atoms with van der Waals surface area (Å²) in [5, 5.41) is 15.4. The second-order valence-electron chi connectivity index (χ2n) is 11.0. The van der Waals surface area contributed by atoms with Gasteiger partial charge in [0.15, 0.2) is 5.58 Å². The van der Waals surface area contributed by atoms with Gasteiger partial charge in [0.1, 0.15) is 18.0 Å². The van der Waals surface area contributed by atoms with Gasteiger partial charge in [-0.25, -0.2) is 9.18 Å². The van der Waals surface area contributed by atoms with Crippen molar-refractivity contribution in [3.63, 3.8) is 0 Å². The third-order valence-electron chi connectivity index (χ3n) is 8.34. The van der Waals surface area contributed by atoms with E-state index in [4.69, 9.17) is 13.9 Å². The lowest BCUT2D eigenvalue weighted by atomic mass is 9.99. The molecule has 4 heterocycles. The van der Waals surface area contributed by atoms with Crippen LogP contribution in [0.5, 0.6) is 0 Å². The van der Waals surface area contributed by atoms with Gasteiger partial charge in [0.25, 0.3) is 5.91 Å². The lowest BCUT2D eigenvalue weighted by Crippen LogP contribution is -2.52. The summed E-state index contributed by atoms with van der Waals surface area (Å²) in [6, 6.07) is 12.0. The minimum absolute atomic E-state index is 0.0283. The Morgan fingerprint density at radius 3 is 2.66 bits per heavy atom. The number of halogens is 1. The van der Waals surface area contributed by atoms with Crippen molar-refractivity contribution >= 4 is 17.0 Å². The van der Waals surface area contributed by atoms with Gasteiger partial charge < -0.3 is 24.5 Å². The molecule has 0 bridgehead atoms. The van der Waals surface area contributed by atoms with Gasteiger partial charge in [-0.1, -0.05) is 18.2 Å². The molecule has 11 heteroatoms. The van der Waals surface area contributed by atoms with Crippen LogP contribution in [0.15, 0.2) is 45.6 Å². The first kappa shape index (κ1) is 27.6. The largest absolute Gasteiger partial charge is 0.420 e. The zero-order chi connectivity index (χ0) is 28.3. The number of fused-ring (bicyclic) bond motifs is 1. The van der Waals surface area contributed by atoms with Crippen molar-refractivity contribution in [3.8, 4) is 17.2 Å². The van der Waals surface area contributed by atoms with Crippen LogP contribution in [-0.2, 0) is 20.7 Å². The lowest BCUT2D eigenvalue weighted by molar-refractivity contribution is -0.132. The molecule has 3 aliphatic rings. The van der Waals surface area contributed by atoms with Crippen LogP contribution in [0, 0.1) is 17.1 Å². The third-order valence-corrected chi connectivity index (χ3v) is 8.34. The maximum absolute atomic E-state index is 15.3. The van der Waals surface area contributed by atoms with Crippen molar-refractivity contribution in [2.24, 2.45) is 0 Å². The average molecular weight is 564 g/mol. The van der Waals surface area contributed by atoms with E-state index in [0.717, 1.165) is 57.7 Å². The highest BCUT2D eigenvalue weighted by molar-refractivity contribution is 5.82. The number of ether oxygens (including phenoxy) is 2. The van der Waals surface area contributed by atoms with Crippen molar-refractivity contribution < 1.29 is 23.1 Å². The second kappa shape index (κ2) is 12.1. The summed E-state index contributed by atoms with van der Waals surface area (Å²) >= 11 is 0. The first-order valence-electron chi connectivity index (χ1n) is 14.3. The molecule has 41 heavy (non-hydrogen) atoms. The number of rotatable bonds is 7. The summed E-state index contributed by atoms with van der Waals surface area (Å²) in [5.74, 6) is -1.23. The van der Waals surface area contributed by atoms with Crippen molar-refractivity contribution in [2.75, 3.05) is 46.0 Å². The highest BCUT2D eigenvalue weighted by Gasteiger charge is 2.31. The van der Waals surface area contributed by atoms with E-state index in [0.29, 0.717) is 41.4 Å². The van der Waals surface area contributed by atoms with E-state index in [9.17, 15) is 14.9 Å². The number of aromatic nitrogens is 1. The van der Waals surface area contributed by atoms with E-state index in [1.165, 1.54) is 6.07 Å². The second-order valence-corrected chi connectivity index (χ2v) is 11.0. The lowest BCUT2D eigenvalue weighted by Gasteiger charge is -2.41. The smallest absolute Gasteiger partial charge is 0.408 e. The first-order valence-corrected chi connectivity index (χ1v) is 14.3. The van der Waals surface area contributed by atoms with E-state index in [-0.39, 0.29) is 24.1 Å². The van der Waals surface area contributed by atoms with E-state index in [2.05, 4.69) is 21.6 Å². The normalized spacial score (nSPS) is 21.6. The van der Waals surface area contributed by atoms with Crippen LogP contribution in [0.2, 0.25) is 0 Å². The molecule has 1 amide bonds. The van der Waals surface area contributed by atoms with Gasteiger partial charge in [0.05, 0.1) is 30.8 Å². The van der Waals surface area contributed by atoms with Gasteiger partial charge in [-0.3, -0.25) is 14.3 Å². The molecule has 0 saturated carbocycles. The SMILES string of the molecule is N#C[C@H](Cc1ccc(-c2ccc3oc(=O)n(C4CCN(C5COC5)CC4)c3c2)cc1F)NC(=O)[C@@H]1CNCCCO1. The average Bonchev–Trinajstić information content (AvgIpc) is 3.10. The third kappa shape index (κ3) is 5.92. The fraction of sp³-hybridized carbons (Fsp3) is 0.500. The summed E-state index contributed by atoms with van der Waals surface area (Å²) in [6.07, 6.45) is 1.85. The molecular formula is C30H34FN5O5. The van der Waals surface area contributed by atoms with Crippen molar-refractivity contribution in [2.45, 2.75) is 49.9 Å². The molecule has 6 rings (SSSR count). The van der Waals surface area contributed by atoms with Gasteiger partial charge in [-0.15, -0.1) is 0 Å². The van der Waals surface area contributed by atoms with Gasteiger partial charge >= 0.3 is 5.76 Å². The number of hydrogen-bond donors (Lipinski definition) is 2. The topological polar surface area (TPSA) is 122 Å². The Labute approximate surface area is 237 Å². The maximum atomic E-state index is 15.3. The summed E-state index contributed by atoms with van der Waals surface area (Å²) in [4.78, 5) is 27.8. The quantitative estimate of drug-likeness (QED) is 0.450. The van der Waals surface area contributed by atoms with Crippen molar-refractivity contribution in [1.29, 1.82) is 5.26 Å². The van der Waals surface area contributed by atoms with Gasteiger partial charge in [-0.2, -0.15) is 5.26 Å². The fourth-order valence-corrected chi connectivity index (χ4v) is 5.89. The number of likely N-dealkylation sites (tertiary alicyclic amines) is 1. The molecule has 0 unspecified atom stereocenters. The summed E-state index contributed by atoms with van der Waals surface area (Å²) in [5.41, 5.74) is 2.93. The Kier molecular flexibility index (Phi) is 8.16. The zero-order valence-electron chi connectivity index (χ0n) is 22.8. The molecule has 2 N–H and O–H groups in total. The van der Waals surface area contributed by atoms with Crippen LogP contribution in [0.3, 0.4) is 0 Å². The molecule has 2 aromatic carbocycles. The number of nitrogens with one attached hydrogen (secondary N) is 2. The fourth-order valence-electron chi connectivity index (χ4n) is 5.89. The van der Waals surface area contributed by atoms with Gasteiger partial charge in [0.2, 0.25) is 0 Å². The monoisotopic (exact) mass is 563 g/mol. The highest BCUT2D eigenvalue weighted by atomic mass is 19.1. The van der Waals surface area contributed by atoms with Crippen LogP contribution in [0.4, 0.5) is 4.39 Å². The van der Waals surface area contributed by atoms with Crippen LogP contribution in [0.25, 0.3) is 22.2 Å². The van der Waals surface area contributed by atoms with Gasteiger partial charge in [0, 0.05) is 38.7 Å². The van der Waals surface area contributed by atoms with E-state index in [1.54, 1.807) is 22.8 Å². The number of hydrogen-bond acceptors (Lipinski definition) is 8. The number of oxazole rings is 1. The number of carbonyl (C=O) groups is 1. The Morgan fingerprint density at radius 2 is 1.93 bits per heavy atom. The number of nitrogens with zero attached hydrogens (tertiary/aromatic N) is 3. The summed E-state index contributed by atoms with van der Waals surface area (Å²) in [6.45, 7) is 4.96. The maximum Gasteiger partial charge on any atom is 0.420 e. The molecule has 3 fully saturated rings. The Balaban J connectivity index is 1.16. The minimum atomic E-state index is -0.894. The number of nitriles is 1. The molecule has 3 aliphatic heterocycles. The van der Waals surface area contributed by atoms with Crippen LogP contribution < -0.4 is 16.4 Å². The molecule has 216 valence electrons. The molecule has 3 saturated heterocycles. The van der Waals surface area contributed by atoms with Crippen LogP contribution >= 0.6 is 0 Å². The molecule has 10 nitrogen and oxygen atoms in total. The minimum Gasteiger partial charge on any atom is -0.408 e. The molecule has 0 radical (unpaired) electrons. The summed E-state index contributed by atoms with van der Waals surface area (Å²) in [7, 11) is 0. The highest BCUT2D eigenvalue weighted by Crippen LogP contribution is 2.31. The Bertz CT molecular complexity index is 1490. The number of benzene rings is 2. The Hall–Kier alpha value is -3.56. The predicted octanol–water partition coefficient (Wildman–Crippen LogP) is 2.37. The molecule has 2 atom stereocenters. The molecule has 0 spiro atoms. The summed E-state index contributed by atoms with van der Waals surface area (Å²) < 4.78 is 33.4. The molecule has 0 aliphatic carbocycles. The van der Waals surface area contributed by atoms with Crippen molar-refractivity contribution in [3.05, 3.63) is 58.3 Å².